The number of methoxy groups -OCH3 is 1. The van der Waals surface area contributed by atoms with E-state index in [4.69, 9.17) is 19.0 Å². The van der Waals surface area contributed by atoms with Crippen molar-refractivity contribution >= 4 is 0 Å². The number of hydrogen-bond donors (Lipinski definition) is 1. The monoisotopic (exact) mass is 234 g/mol. The van der Waals surface area contributed by atoms with Crippen LogP contribution in [0, 0.1) is 0 Å². The van der Waals surface area contributed by atoms with Crippen LogP contribution in [0.5, 0.6) is 11.5 Å². The topological polar surface area (TPSA) is 51.8 Å². The smallest absolute Gasteiger partial charge is 0.146 e. The maximum Gasteiger partial charge on any atom is 0.146 e. The van der Waals surface area contributed by atoms with Gasteiger partial charge in [0.05, 0.1) is 7.11 Å². The van der Waals surface area contributed by atoms with E-state index in [0.717, 1.165) is 5.75 Å². The Bertz CT molecular complexity index is 476. The van der Waals surface area contributed by atoms with Crippen LogP contribution >= 0.6 is 0 Å². The molecule has 90 valence electrons. The summed E-state index contributed by atoms with van der Waals surface area (Å²) in [6.45, 7) is 0.228. The van der Waals surface area contributed by atoms with E-state index in [9.17, 15) is 0 Å². The van der Waals surface area contributed by atoms with E-state index in [1.54, 1.807) is 25.3 Å². The van der Waals surface area contributed by atoms with Crippen LogP contribution in [0.15, 0.2) is 40.8 Å². The van der Waals surface area contributed by atoms with Crippen LogP contribution < -0.4 is 9.47 Å². The maximum absolute atomic E-state index is 8.85. The number of hydrogen-bond acceptors (Lipinski definition) is 4. The first kappa shape index (κ1) is 11.5. The Morgan fingerprint density at radius 1 is 1.12 bits per heavy atom. The van der Waals surface area contributed by atoms with Crippen LogP contribution in [0.3, 0.4) is 0 Å². The fourth-order valence-electron chi connectivity index (χ4n) is 1.43. The molecule has 0 saturated heterocycles. The number of aliphatic hydroxyl groups is 1. The summed E-state index contributed by atoms with van der Waals surface area (Å²) < 4.78 is 15.9. The number of rotatable bonds is 5. The summed E-state index contributed by atoms with van der Waals surface area (Å²) in [5, 5.41) is 8.85. The van der Waals surface area contributed by atoms with Gasteiger partial charge in [0.15, 0.2) is 0 Å². The van der Waals surface area contributed by atoms with E-state index >= 15 is 0 Å². The highest BCUT2D eigenvalue weighted by Crippen LogP contribution is 2.20. The molecule has 2 rings (SSSR count). The predicted molar refractivity (Wildman–Crippen MR) is 62.0 cm³/mol. The molecule has 4 nitrogen and oxygen atoms in total. The molecule has 0 unspecified atom stereocenters. The molecule has 1 aromatic heterocycles. The molecule has 4 heteroatoms. The quantitative estimate of drug-likeness (QED) is 0.862. The summed E-state index contributed by atoms with van der Waals surface area (Å²) >= 11 is 0. The lowest BCUT2D eigenvalue weighted by atomic mass is 10.3. The third-order valence-electron chi connectivity index (χ3n) is 2.30. The van der Waals surface area contributed by atoms with Gasteiger partial charge < -0.3 is 19.0 Å². The van der Waals surface area contributed by atoms with E-state index in [0.29, 0.717) is 23.9 Å². The summed E-state index contributed by atoms with van der Waals surface area (Å²) in [7, 11) is 1.61. The highest BCUT2D eigenvalue weighted by Gasteiger charge is 2.02. The van der Waals surface area contributed by atoms with Gasteiger partial charge in [0.1, 0.15) is 36.2 Å². The third-order valence-corrected chi connectivity index (χ3v) is 2.30. The summed E-state index contributed by atoms with van der Waals surface area (Å²) in [5.41, 5.74) is 0. The predicted octanol–water partition coefficient (Wildman–Crippen LogP) is 2.36. The van der Waals surface area contributed by atoms with Gasteiger partial charge in [0.25, 0.3) is 0 Å². The summed E-state index contributed by atoms with van der Waals surface area (Å²) in [6, 6.07) is 10.9. The van der Waals surface area contributed by atoms with E-state index in [2.05, 4.69) is 0 Å². The van der Waals surface area contributed by atoms with Crippen LogP contribution in [0.25, 0.3) is 0 Å². The summed E-state index contributed by atoms with van der Waals surface area (Å²) in [5.74, 6) is 2.68. The number of benzene rings is 1. The molecular weight excluding hydrogens is 220 g/mol. The van der Waals surface area contributed by atoms with Gasteiger partial charge in [0.2, 0.25) is 0 Å². The van der Waals surface area contributed by atoms with Crippen LogP contribution in [0.1, 0.15) is 11.5 Å². The Balaban J connectivity index is 1.96. The van der Waals surface area contributed by atoms with Gasteiger partial charge in [0, 0.05) is 6.07 Å². The molecule has 0 bridgehead atoms. The minimum Gasteiger partial charge on any atom is -0.497 e. The molecule has 0 aliphatic carbocycles. The molecule has 0 amide bonds. The van der Waals surface area contributed by atoms with Crippen molar-refractivity contribution in [1.82, 2.24) is 0 Å². The Hall–Kier alpha value is -1.94. The number of ether oxygens (including phenoxy) is 2. The molecule has 0 saturated carbocycles. The Labute approximate surface area is 99.4 Å². The van der Waals surface area contributed by atoms with Crippen LogP contribution in [0.2, 0.25) is 0 Å². The number of aliphatic hydroxyl groups excluding tert-OH is 1. The first-order chi connectivity index (χ1) is 8.31. The highest BCUT2D eigenvalue weighted by molar-refractivity contribution is 5.32. The second-order valence-corrected chi connectivity index (χ2v) is 3.49. The van der Waals surface area contributed by atoms with Gasteiger partial charge in [-0.3, -0.25) is 0 Å². The van der Waals surface area contributed by atoms with Crippen molar-refractivity contribution in [3.05, 3.63) is 47.9 Å². The average molecular weight is 234 g/mol. The van der Waals surface area contributed by atoms with Gasteiger partial charge >= 0.3 is 0 Å². The van der Waals surface area contributed by atoms with Crippen LogP contribution in [-0.4, -0.2) is 12.2 Å². The summed E-state index contributed by atoms with van der Waals surface area (Å²) in [4.78, 5) is 0. The van der Waals surface area contributed by atoms with Crippen molar-refractivity contribution in [3.8, 4) is 11.5 Å². The first-order valence-electron chi connectivity index (χ1n) is 5.27. The fraction of sp³-hybridized carbons (Fsp3) is 0.231. The lowest BCUT2D eigenvalue weighted by Crippen LogP contribution is -1.94. The molecule has 17 heavy (non-hydrogen) atoms. The van der Waals surface area contributed by atoms with E-state index < -0.39 is 0 Å². The minimum absolute atomic E-state index is 0.0981. The van der Waals surface area contributed by atoms with Crippen LogP contribution in [0.4, 0.5) is 0 Å². The third kappa shape index (κ3) is 3.01. The molecule has 0 atom stereocenters. The Morgan fingerprint density at radius 3 is 2.59 bits per heavy atom. The zero-order valence-electron chi connectivity index (χ0n) is 9.55. The molecule has 1 aromatic carbocycles. The molecule has 2 aromatic rings. The lowest BCUT2D eigenvalue weighted by molar-refractivity contribution is 0.224. The minimum atomic E-state index is -0.0981. The SMILES string of the molecule is COc1cccc(OCc2ccc(CO)o2)c1. The van der Waals surface area contributed by atoms with Crippen LogP contribution in [-0.2, 0) is 13.2 Å². The molecule has 1 heterocycles. The molecule has 0 radical (unpaired) electrons. The summed E-state index contributed by atoms with van der Waals surface area (Å²) in [6.07, 6.45) is 0. The molecule has 0 aliphatic heterocycles. The van der Waals surface area contributed by atoms with Crippen molar-refractivity contribution < 1.29 is 19.0 Å². The van der Waals surface area contributed by atoms with E-state index in [1.807, 2.05) is 18.2 Å². The van der Waals surface area contributed by atoms with Gasteiger partial charge in [-0.1, -0.05) is 6.07 Å². The fourth-order valence-corrected chi connectivity index (χ4v) is 1.43. The van der Waals surface area contributed by atoms with Gasteiger partial charge in [-0.15, -0.1) is 0 Å². The molecule has 1 N–H and O–H groups in total. The Morgan fingerprint density at radius 2 is 1.88 bits per heavy atom. The largest absolute Gasteiger partial charge is 0.497 e. The van der Waals surface area contributed by atoms with Crippen molar-refractivity contribution in [2.75, 3.05) is 7.11 Å². The van der Waals surface area contributed by atoms with Crippen molar-refractivity contribution in [1.29, 1.82) is 0 Å². The first-order valence-corrected chi connectivity index (χ1v) is 5.27. The Kier molecular flexibility index (Phi) is 3.67. The second-order valence-electron chi connectivity index (χ2n) is 3.49. The van der Waals surface area contributed by atoms with Gasteiger partial charge in [-0.05, 0) is 24.3 Å². The molecule has 0 fully saturated rings. The van der Waals surface area contributed by atoms with Gasteiger partial charge in [-0.2, -0.15) is 0 Å². The second kappa shape index (κ2) is 5.41. The standard InChI is InChI=1S/C13H14O4/c1-15-10-3-2-4-11(7-10)16-9-13-6-5-12(8-14)17-13/h2-7,14H,8-9H2,1H3. The lowest BCUT2D eigenvalue weighted by Gasteiger charge is -2.05. The maximum atomic E-state index is 8.85. The zero-order chi connectivity index (χ0) is 12.1. The van der Waals surface area contributed by atoms with E-state index in [1.165, 1.54) is 0 Å². The molecule has 0 aliphatic rings. The van der Waals surface area contributed by atoms with Crippen molar-refractivity contribution in [3.63, 3.8) is 0 Å². The zero-order valence-corrected chi connectivity index (χ0v) is 9.55. The highest BCUT2D eigenvalue weighted by atomic mass is 16.5. The van der Waals surface area contributed by atoms with Crippen molar-refractivity contribution in [2.45, 2.75) is 13.2 Å². The van der Waals surface area contributed by atoms with E-state index in [-0.39, 0.29) is 6.61 Å². The molecule has 0 spiro atoms. The normalized spacial score (nSPS) is 10.2. The van der Waals surface area contributed by atoms with Gasteiger partial charge in [-0.25, -0.2) is 0 Å². The molecular formula is C13H14O4. The number of furan rings is 1. The van der Waals surface area contributed by atoms with Crippen molar-refractivity contribution in [2.24, 2.45) is 0 Å². The average Bonchev–Trinajstić information content (AvgIpc) is 2.84.